The van der Waals surface area contributed by atoms with Crippen LogP contribution in [0.1, 0.15) is 40.7 Å². The number of benzene rings is 1. The smallest absolute Gasteiger partial charge is 0.251 e. The molecule has 1 aromatic heterocycles. The standard InChI is InChI=1S/C17H21NO2S/c1-11(2)16(15-6-5-9-21-15)18-17(19)13-8-7-12(3)14(10-13)20-4/h5-11,16H,1-4H3,(H,18,19)/t16-/m1/s1. The summed E-state index contributed by atoms with van der Waals surface area (Å²) >= 11 is 1.67. The zero-order valence-corrected chi connectivity index (χ0v) is 13.7. The summed E-state index contributed by atoms with van der Waals surface area (Å²) in [6, 6.07) is 9.63. The summed E-state index contributed by atoms with van der Waals surface area (Å²) in [5.74, 6) is 1.00. The van der Waals surface area contributed by atoms with Gasteiger partial charge in [-0.3, -0.25) is 4.79 Å². The molecule has 1 atom stereocenters. The number of carbonyl (C=O) groups excluding carboxylic acids is 1. The maximum atomic E-state index is 12.5. The second-order valence-corrected chi connectivity index (χ2v) is 6.37. The van der Waals surface area contributed by atoms with Gasteiger partial charge in [-0.15, -0.1) is 11.3 Å². The van der Waals surface area contributed by atoms with Gasteiger partial charge in [0.1, 0.15) is 5.75 Å². The van der Waals surface area contributed by atoms with Crippen LogP contribution in [0.2, 0.25) is 0 Å². The van der Waals surface area contributed by atoms with Gasteiger partial charge in [0.2, 0.25) is 0 Å². The maximum Gasteiger partial charge on any atom is 0.251 e. The van der Waals surface area contributed by atoms with Crippen LogP contribution in [0, 0.1) is 12.8 Å². The van der Waals surface area contributed by atoms with Crippen molar-refractivity contribution < 1.29 is 9.53 Å². The highest BCUT2D eigenvalue weighted by Gasteiger charge is 2.20. The molecule has 0 bridgehead atoms. The Morgan fingerprint density at radius 2 is 2.05 bits per heavy atom. The fourth-order valence-corrected chi connectivity index (χ4v) is 3.17. The van der Waals surface area contributed by atoms with Crippen molar-refractivity contribution in [3.63, 3.8) is 0 Å². The second kappa shape index (κ2) is 6.76. The van der Waals surface area contributed by atoms with Gasteiger partial charge in [0.15, 0.2) is 0 Å². The van der Waals surface area contributed by atoms with E-state index in [4.69, 9.17) is 4.74 Å². The SMILES string of the molecule is COc1cc(C(=O)N[C@@H](c2cccs2)C(C)C)ccc1C. The molecule has 1 N–H and O–H groups in total. The van der Waals surface area contributed by atoms with Crippen LogP contribution in [-0.2, 0) is 0 Å². The third-order valence-corrected chi connectivity index (χ3v) is 4.43. The summed E-state index contributed by atoms with van der Waals surface area (Å²) in [4.78, 5) is 13.7. The number of aryl methyl sites for hydroxylation is 1. The first-order valence-corrected chi connectivity index (χ1v) is 7.89. The van der Waals surface area contributed by atoms with E-state index in [2.05, 4.69) is 25.2 Å². The van der Waals surface area contributed by atoms with Gasteiger partial charge in [-0.05, 0) is 42.0 Å². The number of amides is 1. The summed E-state index contributed by atoms with van der Waals surface area (Å²) in [6.07, 6.45) is 0. The highest BCUT2D eigenvalue weighted by atomic mass is 32.1. The van der Waals surface area contributed by atoms with E-state index in [1.54, 1.807) is 24.5 Å². The summed E-state index contributed by atoms with van der Waals surface area (Å²) < 4.78 is 5.28. The quantitative estimate of drug-likeness (QED) is 0.899. The van der Waals surface area contributed by atoms with Gasteiger partial charge >= 0.3 is 0 Å². The molecule has 21 heavy (non-hydrogen) atoms. The molecular formula is C17H21NO2S. The van der Waals surface area contributed by atoms with E-state index in [-0.39, 0.29) is 11.9 Å². The van der Waals surface area contributed by atoms with Gasteiger partial charge in [-0.2, -0.15) is 0 Å². The second-order valence-electron chi connectivity index (χ2n) is 5.39. The van der Waals surface area contributed by atoms with Crippen LogP contribution in [-0.4, -0.2) is 13.0 Å². The van der Waals surface area contributed by atoms with Gasteiger partial charge in [0, 0.05) is 10.4 Å². The molecule has 0 fully saturated rings. The van der Waals surface area contributed by atoms with Crippen LogP contribution < -0.4 is 10.1 Å². The van der Waals surface area contributed by atoms with Crippen molar-refractivity contribution in [2.75, 3.05) is 7.11 Å². The number of hydrogen-bond donors (Lipinski definition) is 1. The van der Waals surface area contributed by atoms with Crippen molar-refractivity contribution in [3.8, 4) is 5.75 Å². The Balaban J connectivity index is 2.20. The molecule has 0 saturated heterocycles. The van der Waals surface area contributed by atoms with E-state index in [1.807, 2.05) is 30.5 Å². The number of thiophene rings is 1. The molecular weight excluding hydrogens is 282 g/mol. The lowest BCUT2D eigenvalue weighted by molar-refractivity contribution is 0.0926. The first-order chi connectivity index (χ1) is 10.0. The monoisotopic (exact) mass is 303 g/mol. The molecule has 2 rings (SSSR count). The van der Waals surface area contributed by atoms with E-state index in [0.29, 0.717) is 11.5 Å². The zero-order valence-electron chi connectivity index (χ0n) is 12.8. The van der Waals surface area contributed by atoms with E-state index in [1.165, 1.54) is 4.88 Å². The minimum Gasteiger partial charge on any atom is -0.496 e. The molecule has 112 valence electrons. The van der Waals surface area contributed by atoms with E-state index in [9.17, 15) is 4.79 Å². The first-order valence-electron chi connectivity index (χ1n) is 7.02. The van der Waals surface area contributed by atoms with Crippen LogP contribution in [0.25, 0.3) is 0 Å². The summed E-state index contributed by atoms with van der Waals surface area (Å²) in [5, 5.41) is 5.16. The maximum absolute atomic E-state index is 12.5. The zero-order chi connectivity index (χ0) is 15.4. The van der Waals surface area contributed by atoms with Crippen molar-refractivity contribution in [1.82, 2.24) is 5.32 Å². The Morgan fingerprint density at radius 1 is 1.29 bits per heavy atom. The van der Waals surface area contributed by atoms with Crippen molar-refractivity contribution in [1.29, 1.82) is 0 Å². The fourth-order valence-electron chi connectivity index (χ4n) is 2.22. The Hall–Kier alpha value is -1.81. The van der Waals surface area contributed by atoms with Crippen LogP contribution >= 0.6 is 11.3 Å². The average Bonchev–Trinajstić information content (AvgIpc) is 2.98. The van der Waals surface area contributed by atoms with Crippen LogP contribution in [0.3, 0.4) is 0 Å². The summed E-state index contributed by atoms with van der Waals surface area (Å²) in [7, 11) is 1.62. The molecule has 3 nitrogen and oxygen atoms in total. The van der Waals surface area contributed by atoms with Crippen molar-refractivity contribution in [3.05, 3.63) is 51.7 Å². The number of carbonyl (C=O) groups is 1. The largest absolute Gasteiger partial charge is 0.496 e. The Bertz CT molecular complexity index is 605. The van der Waals surface area contributed by atoms with E-state index >= 15 is 0 Å². The third-order valence-electron chi connectivity index (χ3n) is 3.47. The summed E-state index contributed by atoms with van der Waals surface area (Å²) in [5.41, 5.74) is 1.65. The normalized spacial score (nSPS) is 12.2. The van der Waals surface area contributed by atoms with Gasteiger partial charge in [0.05, 0.1) is 13.2 Å². The Labute approximate surface area is 130 Å². The molecule has 0 saturated carbocycles. The highest BCUT2D eigenvalue weighted by molar-refractivity contribution is 7.10. The van der Waals surface area contributed by atoms with Gasteiger partial charge in [-0.25, -0.2) is 0 Å². The molecule has 0 aliphatic heterocycles. The molecule has 1 amide bonds. The molecule has 2 aromatic rings. The lowest BCUT2D eigenvalue weighted by Crippen LogP contribution is -2.31. The topological polar surface area (TPSA) is 38.3 Å². The van der Waals surface area contributed by atoms with Crippen LogP contribution in [0.4, 0.5) is 0 Å². The fraction of sp³-hybridized carbons (Fsp3) is 0.353. The lowest BCUT2D eigenvalue weighted by Gasteiger charge is -2.21. The lowest BCUT2D eigenvalue weighted by atomic mass is 10.0. The van der Waals surface area contributed by atoms with Gasteiger partial charge in [0.25, 0.3) is 5.91 Å². The molecule has 0 spiro atoms. The molecule has 0 radical (unpaired) electrons. The Morgan fingerprint density at radius 3 is 2.62 bits per heavy atom. The Kier molecular flexibility index (Phi) is 5.02. The predicted molar refractivity (Wildman–Crippen MR) is 87.1 cm³/mol. The highest BCUT2D eigenvalue weighted by Crippen LogP contribution is 2.26. The number of rotatable bonds is 5. The molecule has 0 unspecified atom stereocenters. The van der Waals surface area contributed by atoms with Crippen LogP contribution in [0.15, 0.2) is 35.7 Å². The summed E-state index contributed by atoms with van der Waals surface area (Å²) in [6.45, 7) is 6.18. The molecule has 4 heteroatoms. The van der Waals surface area contributed by atoms with Crippen molar-refractivity contribution >= 4 is 17.2 Å². The van der Waals surface area contributed by atoms with Gasteiger partial charge < -0.3 is 10.1 Å². The number of nitrogens with one attached hydrogen (secondary N) is 1. The molecule has 0 aliphatic rings. The number of methoxy groups -OCH3 is 1. The average molecular weight is 303 g/mol. The molecule has 0 aliphatic carbocycles. The van der Waals surface area contributed by atoms with Crippen molar-refractivity contribution in [2.45, 2.75) is 26.8 Å². The number of hydrogen-bond acceptors (Lipinski definition) is 3. The molecule has 1 aromatic carbocycles. The minimum atomic E-state index is -0.0691. The third kappa shape index (κ3) is 3.64. The number of ether oxygens (including phenoxy) is 1. The van der Waals surface area contributed by atoms with Crippen molar-refractivity contribution in [2.24, 2.45) is 5.92 Å². The van der Waals surface area contributed by atoms with E-state index < -0.39 is 0 Å². The first kappa shape index (κ1) is 15.6. The van der Waals surface area contributed by atoms with E-state index in [0.717, 1.165) is 11.3 Å². The van der Waals surface area contributed by atoms with Crippen LogP contribution in [0.5, 0.6) is 5.75 Å². The van der Waals surface area contributed by atoms with Gasteiger partial charge in [-0.1, -0.05) is 26.0 Å². The molecule has 1 heterocycles. The minimum absolute atomic E-state index is 0.0322. The predicted octanol–water partition coefficient (Wildman–Crippen LogP) is 4.19.